The summed E-state index contributed by atoms with van der Waals surface area (Å²) in [6, 6.07) is 21.3. The summed E-state index contributed by atoms with van der Waals surface area (Å²) in [6.45, 7) is 0.0445. The lowest BCUT2D eigenvalue weighted by Crippen LogP contribution is -2.62. The number of hydrogen-bond acceptors (Lipinski definition) is 10. The molecule has 2 aliphatic heterocycles. The van der Waals surface area contributed by atoms with Crippen LogP contribution in [0, 0.1) is 0 Å². The molecule has 0 aliphatic carbocycles. The third kappa shape index (κ3) is 5.46. The van der Waals surface area contributed by atoms with Crippen molar-refractivity contribution in [3.8, 4) is 11.5 Å². The topological polar surface area (TPSA) is 130 Å². The normalized spacial score (nSPS) is 26.7. The van der Waals surface area contributed by atoms with Gasteiger partial charge in [0.05, 0.1) is 17.7 Å². The van der Waals surface area contributed by atoms with Gasteiger partial charge in [0.2, 0.25) is 0 Å². The molecule has 0 amide bonds. The van der Waals surface area contributed by atoms with E-state index in [4.69, 9.17) is 28.4 Å². The van der Waals surface area contributed by atoms with Crippen LogP contribution in [0.5, 0.6) is 11.5 Å². The lowest BCUT2D eigenvalue weighted by Gasteiger charge is -2.45. The van der Waals surface area contributed by atoms with Gasteiger partial charge in [-0.3, -0.25) is 0 Å². The van der Waals surface area contributed by atoms with E-state index in [-0.39, 0.29) is 18.1 Å². The number of carbonyl (C=O) groups is 2. The molecule has 10 nitrogen and oxygen atoms in total. The largest absolute Gasteiger partial charge is 0.419 e. The first-order chi connectivity index (χ1) is 18.4. The minimum absolute atomic E-state index is 0.0139. The highest BCUT2D eigenvalue weighted by Gasteiger charge is 2.49. The summed E-state index contributed by atoms with van der Waals surface area (Å²) in [4.78, 5) is 25.5. The van der Waals surface area contributed by atoms with Crippen molar-refractivity contribution in [2.45, 2.75) is 37.0 Å². The van der Waals surface area contributed by atoms with E-state index in [9.17, 15) is 19.8 Å². The summed E-state index contributed by atoms with van der Waals surface area (Å²) in [5.41, 5.74) is 1.05. The average molecular weight is 523 g/mol. The molecule has 2 fully saturated rings. The Morgan fingerprint density at radius 1 is 0.789 bits per heavy atom. The molecule has 0 aromatic heterocycles. The summed E-state index contributed by atoms with van der Waals surface area (Å²) >= 11 is 0. The van der Waals surface area contributed by atoms with E-state index in [1.807, 2.05) is 0 Å². The third-order valence-electron chi connectivity index (χ3n) is 6.23. The Hall–Kier alpha value is -3.64. The van der Waals surface area contributed by atoms with Crippen LogP contribution in [0.2, 0.25) is 0 Å². The Kier molecular flexibility index (Phi) is 7.79. The highest BCUT2D eigenvalue weighted by Crippen LogP contribution is 2.38. The second-order valence-corrected chi connectivity index (χ2v) is 8.74. The van der Waals surface area contributed by atoms with Crippen molar-refractivity contribution in [2.75, 3.05) is 13.7 Å². The molecule has 2 saturated heterocycles. The van der Waals surface area contributed by atoms with Crippen molar-refractivity contribution < 1.29 is 48.2 Å². The molecule has 5 rings (SSSR count). The van der Waals surface area contributed by atoms with Crippen molar-refractivity contribution in [1.29, 1.82) is 0 Å². The van der Waals surface area contributed by atoms with Crippen molar-refractivity contribution in [3.05, 3.63) is 95.6 Å². The van der Waals surface area contributed by atoms with Crippen LogP contribution in [0.15, 0.2) is 78.9 Å². The van der Waals surface area contributed by atoms with Crippen LogP contribution in [0.4, 0.5) is 0 Å². The molecule has 10 heteroatoms. The number of esters is 2. The second kappa shape index (κ2) is 11.4. The number of rotatable bonds is 6. The molecule has 198 valence electrons. The van der Waals surface area contributed by atoms with Gasteiger partial charge in [-0.1, -0.05) is 36.4 Å². The van der Waals surface area contributed by atoms with E-state index >= 15 is 0 Å². The number of aliphatic hydroxyl groups excluding tert-OH is 2. The van der Waals surface area contributed by atoms with Gasteiger partial charge in [-0.25, -0.2) is 9.59 Å². The SMILES string of the molecule is CO[C@H]1O[C@@H]2COC(c3ccc(OC(=O)c4ccccc4)c(OC(=O)c4ccccc4)c3)O[C@H]2[C@H](O)[C@@H]1O. The third-order valence-corrected chi connectivity index (χ3v) is 6.23. The van der Waals surface area contributed by atoms with E-state index < -0.39 is 48.9 Å². The molecule has 0 bridgehead atoms. The van der Waals surface area contributed by atoms with Crippen molar-refractivity contribution >= 4 is 11.9 Å². The molecule has 2 heterocycles. The minimum atomic E-state index is -1.32. The smallest absolute Gasteiger partial charge is 0.343 e. The number of hydrogen-bond donors (Lipinski definition) is 2. The number of ether oxygens (including phenoxy) is 6. The quantitative estimate of drug-likeness (QED) is 0.368. The number of aliphatic hydroxyl groups is 2. The number of fused-ring (bicyclic) bond motifs is 1. The van der Waals surface area contributed by atoms with Crippen LogP contribution in [-0.4, -0.2) is 66.6 Å². The van der Waals surface area contributed by atoms with Gasteiger partial charge >= 0.3 is 11.9 Å². The predicted molar refractivity (Wildman–Crippen MR) is 130 cm³/mol. The monoisotopic (exact) mass is 522 g/mol. The van der Waals surface area contributed by atoms with Crippen LogP contribution in [0.25, 0.3) is 0 Å². The van der Waals surface area contributed by atoms with E-state index in [0.29, 0.717) is 16.7 Å². The zero-order valence-electron chi connectivity index (χ0n) is 20.3. The molecular formula is C28H26O10. The van der Waals surface area contributed by atoms with Gasteiger partial charge in [-0.15, -0.1) is 0 Å². The van der Waals surface area contributed by atoms with E-state index in [0.717, 1.165) is 0 Å². The van der Waals surface area contributed by atoms with Crippen LogP contribution in [0.1, 0.15) is 32.6 Å². The van der Waals surface area contributed by atoms with Gasteiger partial charge in [0.25, 0.3) is 0 Å². The number of benzene rings is 3. The molecule has 38 heavy (non-hydrogen) atoms. The van der Waals surface area contributed by atoms with Crippen molar-refractivity contribution in [2.24, 2.45) is 0 Å². The van der Waals surface area contributed by atoms with Crippen LogP contribution in [0.3, 0.4) is 0 Å². The van der Waals surface area contributed by atoms with Crippen molar-refractivity contribution in [3.63, 3.8) is 0 Å². The Bertz CT molecular complexity index is 1260. The first-order valence-electron chi connectivity index (χ1n) is 11.9. The van der Waals surface area contributed by atoms with E-state index in [1.165, 1.54) is 19.2 Å². The molecule has 2 N–H and O–H groups in total. The summed E-state index contributed by atoms with van der Waals surface area (Å²) in [5.74, 6) is -1.31. The molecule has 3 aromatic carbocycles. The highest BCUT2D eigenvalue weighted by molar-refractivity contribution is 5.93. The first kappa shape index (κ1) is 26.0. The second-order valence-electron chi connectivity index (χ2n) is 8.74. The predicted octanol–water partition coefficient (Wildman–Crippen LogP) is 2.63. The maximum atomic E-state index is 12.8. The molecule has 2 aliphatic rings. The fourth-order valence-corrected chi connectivity index (χ4v) is 4.24. The Balaban J connectivity index is 1.40. The molecular weight excluding hydrogens is 496 g/mol. The number of carbonyl (C=O) groups excluding carboxylic acids is 2. The lowest BCUT2D eigenvalue weighted by atomic mass is 9.98. The van der Waals surface area contributed by atoms with Crippen molar-refractivity contribution in [1.82, 2.24) is 0 Å². The molecule has 3 aromatic rings. The fraction of sp³-hybridized carbons (Fsp3) is 0.286. The molecule has 1 unspecified atom stereocenters. The fourth-order valence-electron chi connectivity index (χ4n) is 4.24. The summed E-state index contributed by atoms with van der Waals surface area (Å²) < 4.78 is 33.6. The summed E-state index contributed by atoms with van der Waals surface area (Å²) in [7, 11) is 1.36. The minimum Gasteiger partial charge on any atom is -0.419 e. The van der Waals surface area contributed by atoms with Gasteiger partial charge < -0.3 is 38.6 Å². The molecule has 6 atom stereocenters. The average Bonchev–Trinajstić information content (AvgIpc) is 2.96. The van der Waals surface area contributed by atoms with Gasteiger partial charge in [0, 0.05) is 12.7 Å². The van der Waals surface area contributed by atoms with Crippen LogP contribution < -0.4 is 9.47 Å². The highest BCUT2D eigenvalue weighted by atomic mass is 16.7. The van der Waals surface area contributed by atoms with Gasteiger partial charge in [-0.05, 0) is 42.5 Å². The van der Waals surface area contributed by atoms with Gasteiger partial charge in [0.1, 0.15) is 24.4 Å². The zero-order chi connectivity index (χ0) is 26.6. The van der Waals surface area contributed by atoms with Crippen LogP contribution in [-0.2, 0) is 18.9 Å². The van der Waals surface area contributed by atoms with Gasteiger partial charge in [-0.2, -0.15) is 0 Å². The first-order valence-corrected chi connectivity index (χ1v) is 11.9. The Morgan fingerprint density at radius 2 is 1.39 bits per heavy atom. The molecule has 0 saturated carbocycles. The number of methoxy groups -OCH3 is 1. The zero-order valence-corrected chi connectivity index (χ0v) is 20.3. The van der Waals surface area contributed by atoms with Crippen LogP contribution >= 0.6 is 0 Å². The maximum absolute atomic E-state index is 12.8. The van der Waals surface area contributed by atoms with E-state index in [1.54, 1.807) is 66.7 Å². The van der Waals surface area contributed by atoms with Gasteiger partial charge in [0.15, 0.2) is 24.1 Å². The summed E-state index contributed by atoms with van der Waals surface area (Å²) in [6.07, 6.45) is -6.18. The lowest BCUT2D eigenvalue weighted by molar-refractivity contribution is -0.358. The van der Waals surface area contributed by atoms with E-state index in [2.05, 4.69) is 0 Å². The molecule has 0 radical (unpaired) electrons. The molecule has 0 spiro atoms. The Morgan fingerprint density at radius 3 is 2.00 bits per heavy atom. The Labute approximate surface area is 218 Å². The maximum Gasteiger partial charge on any atom is 0.343 e. The standard InChI is InChI=1S/C28H26O10/c1-33-28-23(30)22(29)24-21(37-28)15-34-27(38-24)18-12-13-19(35-25(31)16-8-4-2-5-9-16)20(14-18)36-26(32)17-10-6-3-7-11-17/h2-14,21-24,27-30H,15H2,1H3/t21-,22-,23+,24-,27?,28+/m1/s1. The summed E-state index contributed by atoms with van der Waals surface area (Å²) in [5, 5.41) is 20.8.